The zero-order valence-corrected chi connectivity index (χ0v) is 13.1. The summed E-state index contributed by atoms with van der Waals surface area (Å²) in [5, 5.41) is 0. The van der Waals surface area contributed by atoms with E-state index < -0.39 is 0 Å². The molecule has 1 fully saturated rings. The number of hydrogen-bond donors (Lipinski definition) is 0. The predicted octanol–water partition coefficient (Wildman–Crippen LogP) is 2.70. The molecule has 2 aliphatic rings. The van der Waals surface area contributed by atoms with E-state index in [1.807, 2.05) is 23.1 Å². The first-order valence-electron chi connectivity index (χ1n) is 8.22. The topological polar surface area (TPSA) is 46.6 Å². The third kappa shape index (κ3) is 2.93. The molecule has 22 heavy (non-hydrogen) atoms. The summed E-state index contributed by atoms with van der Waals surface area (Å²) < 4.78 is 5.61. The first kappa shape index (κ1) is 15.2. The lowest BCUT2D eigenvalue weighted by molar-refractivity contribution is 0.0753. The van der Waals surface area contributed by atoms with Crippen molar-refractivity contribution in [3.8, 4) is 0 Å². The molecule has 1 aromatic carbocycles. The summed E-state index contributed by atoms with van der Waals surface area (Å²) in [5.41, 5.74) is 2.41. The Morgan fingerprint density at radius 1 is 1.36 bits per heavy atom. The molecule has 1 atom stereocenters. The summed E-state index contributed by atoms with van der Waals surface area (Å²) in [5.74, 6) is 0.676. The molecule has 0 N–H and O–H groups in total. The number of likely N-dealkylation sites (tertiary alicyclic amines) is 1. The normalized spacial score (nSPS) is 20.5. The van der Waals surface area contributed by atoms with Gasteiger partial charge in [-0.3, -0.25) is 9.59 Å². The minimum Gasteiger partial charge on any atom is -0.381 e. The molecule has 0 bridgehead atoms. The zero-order valence-electron chi connectivity index (χ0n) is 13.1. The molecule has 0 spiro atoms. The van der Waals surface area contributed by atoms with Crippen LogP contribution in [0.4, 0.5) is 0 Å². The van der Waals surface area contributed by atoms with Gasteiger partial charge < -0.3 is 9.64 Å². The number of ether oxygens (including phenoxy) is 1. The summed E-state index contributed by atoms with van der Waals surface area (Å²) in [6.45, 7) is 5.18. The number of amides is 1. The van der Waals surface area contributed by atoms with E-state index in [9.17, 15) is 9.59 Å². The Hall–Kier alpha value is -1.68. The van der Waals surface area contributed by atoms with Crippen LogP contribution in [0, 0.1) is 5.92 Å². The third-order valence-electron chi connectivity index (χ3n) is 4.58. The van der Waals surface area contributed by atoms with E-state index in [4.69, 9.17) is 4.74 Å². The first-order chi connectivity index (χ1) is 10.7. The van der Waals surface area contributed by atoms with Crippen LogP contribution >= 0.6 is 0 Å². The van der Waals surface area contributed by atoms with Gasteiger partial charge in [-0.2, -0.15) is 0 Å². The van der Waals surface area contributed by atoms with Crippen molar-refractivity contribution in [3.05, 3.63) is 34.9 Å². The highest BCUT2D eigenvalue weighted by Crippen LogP contribution is 2.28. The van der Waals surface area contributed by atoms with Gasteiger partial charge in [0.1, 0.15) is 0 Å². The Kier molecular flexibility index (Phi) is 4.57. The average Bonchev–Trinajstić information content (AvgIpc) is 3.14. The Morgan fingerprint density at radius 3 is 3.05 bits per heavy atom. The van der Waals surface area contributed by atoms with Gasteiger partial charge in [-0.1, -0.05) is 19.1 Å². The van der Waals surface area contributed by atoms with Crippen LogP contribution in [-0.2, 0) is 11.2 Å². The maximum absolute atomic E-state index is 12.8. The van der Waals surface area contributed by atoms with E-state index in [-0.39, 0.29) is 11.7 Å². The maximum Gasteiger partial charge on any atom is 0.254 e. The van der Waals surface area contributed by atoms with Gasteiger partial charge in [-0.05, 0) is 30.9 Å². The second kappa shape index (κ2) is 6.61. The third-order valence-corrected chi connectivity index (χ3v) is 4.58. The zero-order chi connectivity index (χ0) is 15.5. The van der Waals surface area contributed by atoms with Crippen molar-refractivity contribution in [2.45, 2.75) is 32.6 Å². The average molecular weight is 301 g/mol. The molecular weight excluding hydrogens is 278 g/mol. The van der Waals surface area contributed by atoms with Gasteiger partial charge in [0.2, 0.25) is 0 Å². The van der Waals surface area contributed by atoms with Crippen molar-refractivity contribution in [1.29, 1.82) is 0 Å². The summed E-state index contributed by atoms with van der Waals surface area (Å²) in [7, 11) is 0. The number of ketones is 1. The van der Waals surface area contributed by atoms with Gasteiger partial charge in [0.25, 0.3) is 5.91 Å². The van der Waals surface area contributed by atoms with Gasteiger partial charge in [-0.25, -0.2) is 0 Å². The fourth-order valence-electron chi connectivity index (χ4n) is 3.41. The van der Waals surface area contributed by atoms with Gasteiger partial charge in [0.15, 0.2) is 5.78 Å². The number of hydrogen-bond acceptors (Lipinski definition) is 3. The lowest BCUT2D eigenvalue weighted by Gasteiger charge is -2.18. The minimum atomic E-state index is 0.0736. The summed E-state index contributed by atoms with van der Waals surface area (Å²) >= 11 is 0. The highest BCUT2D eigenvalue weighted by atomic mass is 16.5. The van der Waals surface area contributed by atoms with Crippen LogP contribution in [0.1, 0.15) is 52.5 Å². The standard InChI is InChI=1S/C18H23NO3/c1-2-10-22-12-13-8-9-19(11-13)18(21)16-5-3-4-15-14(16)6-7-17(15)20/h3-5,13H,2,6-12H2,1H3/t13-/m1/s1. The first-order valence-corrected chi connectivity index (χ1v) is 8.22. The van der Waals surface area contributed by atoms with Gasteiger partial charge in [0, 0.05) is 43.2 Å². The second-order valence-electron chi connectivity index (χ2n) is 6.24. The van der Waals surface area contributed by atoms with Crippen LogP contribution in [0.5, 0.6) is 0 Å². The van der Waals surface area contributed by atoms with E-state index in [1.165, 1.54) is 0 Å². The molecule has 1 aromatic rings. The van der Waals surface area contributed by atoms with Crippen molar-refractivity contribution < 1.29 is 14.3 Å². The molecule has 1 amide bonds. The Morgan fingerprint density at radius 2 is 2.23 bits per heavy atom. The fraction of sp³-hybridized carbons (Fsp3) is 0.556. The van der Waals surface area contributed by atoms with Crippen LogP contribution < -0.4 is 0 Å². The molecule has 1 saturated heterocycles. The molecule has 1 heterocycles. The summed E-state index contributed by atoms with van der Waals surface area (Å²) in [4.78, 5) is 26.5. The quantitative estimate of drug-likeness (QED) is 0.786. The van der Waals surface area contributed by atoms with Crippen molar-refractivity contribution in [2.24, 2.45) is 5.92 Å². The Balaban J connectivity index is 1.67. The maximum atomic E-state index is 12.8. The molecule has 0 aromatic heterocycles. The van der Waals surface area contributed by atoms with Gasteiger partial charge >= 0.3 is 0 Å². The van der Waals surface area contributed by atoms with E-state index in [0.717, 1.165) is 55.8 Å². The van der Waals surface area contributed by atoms with Gasteiger partial charge in [0.05, 0.1) is 6.61 Å². The number of fused-ring (bicyclic) bond motifs is 1. The van der Waals surface area contributed by atoms with Crippen LogP contribution in [0.15, 0.2) is 18.2 Å². The Bertz CT molecular complexity index is 582. The predicted molar refractivity (Wildman–Crippen MR) is 84.2 cm³/mol. The minimum absolute atomic E-state index is 0.0736. The van der Waals surface area contributed by atoms with Gasteiger partial charge in [-0.15, -0.1) is 0 Å². The highest BCUT2D eigenvalue weighted by molar-refractivity contribution is 6.05. The number of carbonyl (C=O) groups is 2. The molecule has 0 radical (unpaired) electrons. The number of nitrogens with zero attached hydrogens (tertiary/aromatic N) is 1. The van der Waals surface area contributed by atoms with Crippen LogP contribution in [-0.4, -0.2) is 42.9 Å². The van der Waals surface area contributed by atoms with E-state index in [1.54, 1.807) is 0 Å². The number of carbonyl (C=O) groups excluding carboxylic acids is 2. The Labute approximate surface area is 131 Å². The lowest BCUT2D eigenvalue weighted by Crippen LogP contribution is -2.30. The summed E-state index contributed by atoms with van der Waals surface area (Å²) in [6, 6.07) is 5.53. The van der Waals surface area contributed by atoms with E-state index in [2.05, 4.69) is 6.92 Å². The van der Waals surface area contributed by atoms with E-state index in [0.29, 0.717) is 18.8 Å². The lowest BCUT2D eigenvalue weighted by atomic mass is 10.0. The van der Waals surface area contributed by atoms with Crippen molar-refractivity contribution in [1.82, 2.24) is 4.90 Å². The summed E-state index contributed by atoms with van der Waals surface area (Å²) in [6.07, 6.45) is 3.27. The molecular formula is C18H23NO3. The molecule has 4 nitrogen and oxygen atoms in total. The van der Waals surface area contributed by atoms with Crippen molar-refractivity contribution in [3.63, 3.8) is 0 Å². The smallest absolute Gasteiger partial charge is 0.254 e. The molecule has 3 rings (SSSR count). The SMILES string of the molecule is CCCOC[C@@H]1CCN(C(=O)c2cccc3c2CCC3=O)C1. The van der Waals surface area contributed by atoms with Crippen molar-refractivity contribution in [2.75, 3.05) is 26.3 Å². The van der Waals surface area contributed by atoms with Crippen molar-refractivity contribution >= 4 is 11.7 Å². The molecule has 4 heteroatoms. The van der Waals surface area contributed by atoms with Crippen LogP contribution in [0.25, 0.3) is 0 Å². The largest absolute Gasteiger partial charge is 0.381 e. The fourth-order valence-corrected chi connectivity index (χ4v) is 3.41. The van der Waals surface area contributed by atoms with E-state index >= 15 is 0 Å². The monoisotopic (exact) mass is 301 g/mol. The van der Waals surface area contributed by atoms with Crippen LogP contribution in [0.3, 0.4) is 0 Å². The number of rotatable bonds is 5. The van der Waals surface area contributed by atoms with Crippen LogP contribution in [0.2, 0.25) is 0 Å². The molecule has 0 saturated carbocycles. The molecule has 1 aliphatic heterocycles. The number of Topliss-reactive ketones (excluding diaryl/α,β-unsaturated/α-hetero) is 1. The molecule has 0 unspecified atom stereocenters. The number of benzene rings is 1. The molecule has 1 aliphatic carbocycles. The highest BCUT2D eigenvalue weighted by Gasteiger charge is 2.30. The second-order valence-corrected chi connectivity index (χ2v) is 6.24. The molecule has 118 valence electrons.